The van der Waals surface area contributed by atoms with Crippen molar-refractivity contribution >= 4 is 15.7 Å². The SMILES string of the molecule is CC(C)(N)C(=O)NCCS(C)(=O)=O. The number of nitrogens with two attached hydrogens (primary N) is 1. The van der Waals surface area contributed by atoms with Crippen LogP contribution in [0.4, 0.5) is 0 Å². The summed E-state index contributed by atoms with van der Waals surface area (Å²) in [5.74, 6) is -0.411. The van der Waals surface area contributed by atoms with Crippen LogP contribution in [0.5, 0.6) is 0 Å². The number of hydrogen-bond donors (Lipinski definition) is 2. The molecule has 0 aliphatic heterocycles. The molecule has 0 spiro atoms. The van der Waals surface area contributed by atoms with E-state index in [1.807, 2.05) is 0 Å². The average molecular weight is 208 g/mol. The van der Waals surface area contributed by atoms with Crippen LogP contribution in [0.3, 0.4) is 0 Å². The summed E-state index contributed by atoms with van der Waals surface area (Å²) in [5.41, 5.74) is 4.51. The second kappa shape index (κ2) is 4.06. The summed E-state index contributed by atoms with van der Waals surface area (Å²) in [7, 11) is -3.02. The molecular formula is C7H16N2O3S. The fourth-order valence-corrected chi connectivity index (χ4v) is 1.05. The maximum absolute atomic E-state index is 11.1. The zero-order valence-corrected chi connectivity index (χ0v) is 8.94. The van der Waals surface area contributed by atoms with Crippen LogP contribution in [0.25, 0.3) is 0 Å². The molecule has 0 atom stereocenters. The second-order valence-corrected chi connectivity index (χ2v) is 5.87. The van der Waals surface area contributed by atoms with E-state index in [-0.39, 0.29) is 18.2 Å². The quantitative estimate of drug-likeness (QED) is 0.612. The number of carbonyl (C=O) groups excluding carboxylic acids is 1. The number of hydrogen-bond acceptors (Lipinski definition) is 4. The summed E-state index contributed by atoms with van der Waals surface area (Å²) in [5, 5.41) is 2.44. The van der Waals surface area contributed by atoms with Crippen LogP contribution in [-0.2, 0) is 14.6 Å². The van der Waals surface area contributed by atoms with E-state index < -0.39 is 15.4 Å². The summed E-state index contributed by atoms with van der Waals surface area (Å²) in [6.07, 6.45) is 1.12. The predicted octanol–water partition coefficient (Wildman–Crippen LogP) is -1.12. The van der Waals surface area contributed by atoms with Crippen LogP contribution < -0.4 is 11.1 Å². The molecule has 0 aromatic carbocycles. The Morgan fingerprint density at radius 2 is 1.92 bits per heavy atom. The Labute approximate surface area is 78.6 Å². The molecule has 1 amide bonds. The standard InChI is InChI=1S/C7H16N2O3S/c1-7(2,8)6(10)9-4-5-13(3,11)12/h4-5,8H2,1-3H3,(H,9,10). The van der Waals surface area contributed by atoms with E-state index in [2.05, 4.69) is 5.32 Å². The zero-order valence-electron chi connectivity index (χ0n) is 8.12. The van der Waals surface area contributed by atoms with Gasteiger partial charge in [-0.1, -0.05) is 0 Å². The lowest BCUT2D eigenvalue weighted by Crippen LogP contribution is -2.49. The van der Waals surface area contributed by atoms with E-state index in [0.29, 0.717) is 0 Å². The summed E-state index contributed by atoms with van der Waals surface area (Å²) >= 11 is 0. The highest BCUT2D eigenvalue weighted by Crippen LogP contribution is 1.94. The first-order chi connectivity index (χ1) is 5.63. The van der Waals surface area contributed by atoms with Crippen molar-refractivity contribution in [3.8, 4) is 0 Å². The molecule has 0 saturated heterocycles. The van der Waals surface area contributed by atoms with Crippen molar-refractivity contribution in [2.24, 2.45) is 5.73 Å². The van der Waals surface area contributed by atoms with Gasteiger partial charge in [0, 0.05) is 12.8 Å². The monoisotopic (exact) mass is 208 g/mol. The Morgan fingerprint density at radius 3 is 2.23 bits per heavy atom. The Balaban J connectivity index is 3.87. The highest BCUT2D eigenvalue weighted by atomic mass is 32.2. The molecule has 0 aliphatic rings. The molecular weight excluding hydrogens is 192 g/mol. The molecule has 0 heterocycles. The number of nitrogens with one attached hydrogen (secondary N) is 1. The van der Waals surface area contributed by atoms with Crippen LogP contribution >= 0.6 is 0 Å². The van der Waals surface area contributed by atoms with Gasteiger partial charge in [0.15, 0.2) is 0 Å². The topological polar surface area (TPSA) is 89.3 Å². The van der Waals surface area contributed by atoms with E-state index in [1.165, 1.54) is 0 Å². The van der Waals surface area contributed by atoms with Crippen molar-refractivity contribution in [3.63, 3.8) is 0 Å². The van der Waals surface area contributed by atoms with Gasteiger partial charge in [0.2, 0.25) is 5.91 Å². The third kappa shape index (κ3) is 6.53. The molecule has 13 heavy (non-hydrogen) atoms. The molecule has 0 fully saturated rings. The maximum Gasteiger partial charge on any atom is 0.239 e. The van der Waals surface area contributed by atoms with E-state index in [9.17, 15) is 13.2 Å². The summed E-state index contributed by atoms with van der Waals surface area (Å²) in [4.78, 5) is 11.1. The molecule has 0 aromatic rings. The van der Waals surface area contributed by atoms with Crippen molar-refractivity contribution in [1.29, 1.82) is 0 Å². The molecule has 0 aromatic heterocycles. The van der Waals surface area contributed by atoms with Crippen molar-refractivity contribution in [2.75, 3.05) is 18.6 Å². The summed E-state index contributed by atoms with van der Waals surface area (Å²) in [6.45, 7) is 3.23. The van der Waals surface area contributed by atoms with Gasteiger partial charge in [0.05, 0.1) is 11.3 Å². The van der Waals surface area contributed by atoms with E-state index in [0.717, 1.165) is 6.26 Å². The Bertz CT molecular complexity index is 277. The fourth-order valence-electron chi connectivity index (χ4n) is 0.578. The minimum Gasteiger partial charge on any atom is -0.354 e. The Morgan fingerprint density at radius 1 is 1.46 bits per heavy atom. The lowest BCUT2D eigenvalue weighted by Gasteiger charge is -2.17. The van der Waals surface area contributed by atoms with E-state index in [4.69, 9.17) is 5.73 Å². The van der Waals surface area contributed by atoms with E-state index >= 15 is 0 Å². The molecule has 0 saturated carbocycles. The fraction of sp³-hybridized carbons (Fsp3) is 0.857. The minimum atomic E-state index is -3.02. The first-order valence-electron chi connectivity index (χ1n) is 3.88. The van der Waals surface area contributed by atoms with E-state index in [1.54, 1.807) is 13.8 Å². The number of rotatable bonds is 4. The van der Waals surface area contributed by atoms with Crippen LogP contribution in [0, 0.1) is 0 Å². The molecule has 78 valence electrons. The largest absolute Gasteiger partial charge is 0.354 e. The van der Waals surface area contributed by atoms with Gasteiger partial charge in [-0.25, -0.2) is 8.42 Å². The normalized spacial score (nSPS) is 12.6. The maximum atomic E-state index is 11.1. The van der Waals surface area contributed by atoms with Gasteiger partial charge in [0.25, 0.3) is 0 Å². The Hall–Kier alpha value is -0.620. The van der Waals surface area contributed by atoms with Gasteiger partial charge in [0.1, 0.15) is 9.84 Å². The first-order valence-corrected chi connectivity index (χ1v) is 5.94. The second-order valence-electron chi connectivity index (χ2n) is 3.61. The van der Waals surface area contributed by atoms with Gasteiger partial charge in [-0.3, -0.25) is 4.79 Å². The third-order valence-corrected chi connectivity index (χ3v) is 2.29. The van der Waals surface area contributed by atoms with Crippen LogP contribution in [0.15, 0.2) is 0 Å². The zero-order chi connectivity index (χ0) is 10.7. The first kappa shape index (κ1) is 12.4. The van der Waals surface area contributed by atoms with Gasteiger partial charge < -0.3 is 11.1 Å². The van der Waals surface area contributed by atoms with Crippen molar-refractivity contribution in [1.82, 2.24) is 5.32 Å². The predicted molar refractivity (Wildman–Crippen MR) is 51.0 cm³/mol. The number of carbonyl (C=O) groups is 1. The molecule has 3 N–H and O–H groups in total. The van der Waals surface area contributed by atoms with Crippen LogP contribution in [0.2, 0.25) is 0 Å². The molecule has 0 radical (unpaired) electrons. The molecule has 0 aliphatic carbocycles. The number of amides is 1. The van der Waals surface area contributed by atoms with Gasteiger partial charge in [-0.2, -0.15) is 0 Å². The molecule has 0 bridgehead atoms. The van der Waals surface area contributed by atoms with Crippen molar-refractivity contribution < 1.29 is 13.2 Å². The summed E-state index contributed by atoms with van der Waals surface area (Å²) in [6, 6.07) is 0. The van der Waals surface area contributed by atoms with Gasteiger partial charge in [-0.05, 0) is 13.8 Å². The van der Waals surface area contributed by atoms with Crippen LogP contribution in [-0.4, -0.2) is 38.4 Å². The smallest absolute Gasteiger partial charge is 0.239 e. The van der Waals surface area contributed by atoms with Gasteiger partial charge >= 0.3 is 0 Å². The average Bonchev–Trinajstić information content (AvgIpc) is 1.82. The molecule has 5 nitrogen and oxygen atoms in total. The van der Waals surface area contributed by atoms with Crippen LogP contribution in [0.1, 0.15) is 13.8 Å². The van der Waals surface area contributed by atoms with Crippen molar-refractivity contribution in [2.45, 2.75) is 19.4 Å². The lowest BCUT2D eigenvalue weighted by atomic mass is 10.1. The highest BCUT2D eigenvalue weighted by molar-refractivity contribution is 7.90. The summed E-state index contributed by atoms with van der Waals surface area (Å²) < 4.78 is 21.4. The molecule has 0 rings (SSSR count). The highest BCUT2D eigenvalue weighted by Gasteiger charge is 2.21. The lowest BCUT2D eigenvalue weighted by molar-refractivity contribution is -0.125. The van der Waals surface area contributed by atoms with Crippen molar-refractivity contribution in [3.05, 3.63) is 0 Å². The molecule has 6 heteroatoms. The van der Waals surface area contributed by atoms with Gasteiger partial charge in [-0.15, -0.1) is 0 Å². The Kier molecular flexibility index (Phi) is 3.87. The third-order valence-electron chi connectivity index (χ3n) is 1.34. The molecule has 0 unspecified atom stereocenters. The number of sulfone groups is 1. The minimum absolute atomic E-state index is 0.0607.